The van der Waals surface area contributed by atoms with Crippen molar-refractivity contribution in [2.75, 3.05) is 13.2 Å². The summed E-state index contributed by atoms with van der Waals surface area (Å²) in [7, 11) is 0. The monoisotopic (exact) mass is 189 g/mol. The molecule has 1 amide bonds. The number of carbonyl (C=O) groups excluding carboxylic acids is 2. The molecule has 0 rings (SSSR count). The smallest absolute Gasteiger partial charge is 0.220 e. The number of Topliss-reactive ketones (excluding diaryl/α,β-unsaturated/α-hetero) is 1. The second-order valence-electron chi connectivity index (χ2n) is 2.83. The summed E-state index contributed by atoms with van der Waals surface area (Å²) in [6.07, 6.45) is 0.293. The molecule has 5 nitrogen and oxygen atoms in total. The van der Waals surface area contributed by atoms with E-state index in [1.165, 1.54) is 6.92 Å². The molecule has 3 N–H and O–H groups in total. The Labute approximate surface area is 76.8 Å². The summed E-state index contributed by atoms with van der Waals surface area (Å²) < 4.78 is 0. The SMILES string of the molecule is CC(=O)CCC(=O)NC(CO)CO. The Hall–Kier alpha value is -0.940. The van der Waals surface area contributed by atoms with Gasteiger partial charge in [-0.2, -0.15) is 0 Å². The predicted octanol–water partition coefficient (Wildman–Crippen LogP) is -1.18. The second kappa shape index (κ2) is 6.56. The van der Waals surface area contributed by atoms with Crippen LogP contribution < -0.4 is 5.32 Å². The summed E-state index contributed by atoms with van der Waals surface area (Å²) in [5, 5.41) is 19.6. The van der Waals surface area contributed by atoms with Gasteiger partial charge in [-0.15, -0.1) is 0 Å². The zero-order chi connectivity index (χ0) is 10.3. The summed E-state index contributed by atoms with van der Waals surface area (Å²) in [4.78, 5) is 21.5. The molecule has 0 aliphatic rings. The number of nitrogens with one attached hydrogen (secondary N) is 1. The molecule has 0 spiro atoms. The van der Waals surface area contributed by atoms with E-state index >= 15 is 0 Å². The highest BCUT2D eigenvalue weighted by molar-refractivity contribution is 5.83. The lowest BCUT2D eigenvalue weighted by molar-refractivity contribution is -0.125. The molecule has 0 saturated carbocycles. The van der Waals surface area contributed by atoms with E-state index in [2.05, 4.69) is 5.32 Å². The molecule has 0 aromatic rings. The van der Waals surface area contributed by atoms with Gasteiger partial charge in [0.15, 0.2) is 0 Å². The number of hydrogen-bond acceptors (Lipinski definition) is 4. The van der Waals surface area contributed by atoms with Gasteiger partial charge in [-0.25, -0.2) is 0 Å². The zero-order valence-corrected chi connectivity index (χ0v) is 7.62. The van der Waals surface area contributed by atoms with Crippen LogP contribution in [0.15, 0.2) is 0 Å². The van der Waals surface area contributed by atoms with Crippen LogP contribution in [0.3, 0.4) is 0 Å². The van der Waals surface area contributed by atoms with Crippen molar-refractivity contribution in [2.45, 2.75) is 25.8 Å². The topological polar surface area (TPSA) is 86.6 Å². The van der Waals surface area contributed by atoms with E-state index in [-0.39, 0.29) is 37.7 Å². The first-order valence-electron chi connectivity index (χ1n) is 4.10. The third kappa shape index (κ3) is 6.24. The minimum Gasteiger partial charge on any atom is -0.394 e. The lowest BCUT2D eigenvalue weighted by Gasteiger charge is -2.12. The summed E-state index contributed by atoms with van der Waals surface area (Å²) in [6, 6.07) is -0.626. The van der Waals surface area contributed by atoms with E-state index < -0.39 is 6.04 Å². The van der Waals surface area contributed by atoms with E-state index in [1.807, 2.05) is 0 Å². The van der Waals surface area contributed by atoms with Crippen molar-refractivity contribution >= 4 is 11.7 Å². The van der Waals surface area contributed by atoms with Crippen molar-refractivity contribution in [3.05, 3.63) is 0 Å². The molecule has 0 unspecified atom stereocenters. The van der Waals surface area contributed by atoms with Crippen molar-refractivity contribution in [2.24, 2.45) is 0 Å². The van der Waals surface area contributed by atoms with Crippen molar-refractivity contribution in [3.63, 3.8) is 0 Å². The molecule has 13 heavy (non-hydrogen) atoms. The Kier molecular flexibility index (Phi) is 6.09. The first-order chi connectivity index (χ1) is 6.10. The van der Waals surface area contributed by atoms with Gasteiger partial charge in [-0.1, -0.05) is 0 Å². The largest absolute Gasteiger partial charge is 0.394 e. The van der Waals surface area contributed by atoms with Gasteiger partial charge in [0.05, 0.1) is 19.3 Å². The quantitative estimate of drug-likeness (QED) is 0.491. The van der Waals surface area contributed by atoms with E-state index in [4.69, 9.17) is 10.2 Å². The van der Waals surface area contributed by atoms with Gasteiger partial charge in [-0.05, 0) is 6.92 Å². The predicted molar refractivity (Wildman–Crippen MR) is 46.0 cm³/mol. The third-order valence-electron chi connectivity index (χ3n) is 1.51. The summed E-state index contributed by atoms with van der Waals surface area (Å²) in [5.41, 5.74) is 0. The van der Waals surface area contributed by atoms with Crippen LogP contribution in [0, 0.1) is 0 Å². The first-order valence-corrected chi connectivity index (χ1v) is 4.10. The standard InChI is InChI=1S/C8H15NO4/c1-6(12)2-3-8(13)9-7(4-10)5-11/h7,10-11H,2-5H2,1H3,(H,9,13). The molecule has 76 valence electrons. The first kappa shape index (κ1) is 12.1. The Morgan fingerprint density at radius 2 is 1.77 bits per heavy atom. The van der Waals surface area contributed by atoms with Gasteiger partial charge in [-0.3, -0.25) is 4.79 Å². The molecule has 5 heteroatoms. The lowest BCUT2D eigenvalue weighted by atomic mass is 10.2. The Balaban J connectivity index is 3.66. The molecular formula is C8H15NO4. The number of carbonyl (C=O) groups is 2. The number of aliphatic hydroxyl groups excluding tert-OH is 2. The molecule has 0 bridgehead atoms. The molecule has 0 aromatic heterocycles. The molecular weight excluding hydrogens is 174 g/mol. The molecule has 0 aliphatic heterocycles. The maximum Gasteiger partial charge on any atom is 0.220 e. The number of aliphatic hydroxyl groups is 2. The van der Waals surface area contributed by atoms with Crippen molar-refractivity contribution in [1.82, 2.24) is 5.32 Å². The van der Waals surface area contributed by atoms with Crippen LogP contribution in [0.2, 0.25) is 0 Å². The van der Waals surface area contributed by atoms with Gasteiger partial charge < -0.3 is 20.3 Å². The zero-order valence-electron chi connectivity index (χ0n) is 7.62. The molecule has 0 saturated heterocycles. The van der Waals surface area contributed by atoms with E-state index in [0.717, 1.165) is 0 Å². The molecule has 0 fully saturated rings. The minimum absolute atomic E-state index is 0.0558. The maximum atomic E-state index is 11.0. The van der Waals surface area contributed by atoms with E-state index in [1.54, 1.807) is 0 Å². The fourth-order valence-corrected chi connectivity index (χ4v) is 0.738. The van der Waals surface area contributed by atoms with Crippen molar-refractivity contribution in [1.29, 1.82) is 0 Å². The molecule has 0 aliphatic carbocycles. The lowest BCUT2D eigenvalue weighted by Crippen LogP contribution is -2.40. The Morgan fingerprint density at radius 3 is 2.15 bits per heavy atom. The summed E-state index contributed by atoms with van der Waals surface area (Å²) in [6.45, 7) is 0.799. The summed E-state index contributed by atoms with van der Waals surface area (Å²) >= 11 is 0. The maximum absolute atomic E-state index is 11.0. The van der Waals surface area contributed by atoms with Crippen LogP contribution >= 0.6 is 0 Å². The number of rotatable bonds is 6. The van der Waals surface area contributed by atoms with Gasteiger partial charge in [0.1, 0.15) is 5.78 Å². The van der Waals surface area contributed by atoms with Crippen molar-refractivity contribution < 1.29 is 19.8 Å². The summed E-state index contributed by atoms with van der Waals surface area (Å²) in [5.74, 6) is -0.386. The number of amides is 1. The van der Waals surface area contributed by atoms with Crippen LogP contribution in [0.1, 0.15) is 19.8 Å². The Morgan fingerprint density at radius 1 is 1.23 bits per heavy atom. The van der Waals surface area contributed by atoms with Crippen LogP contribution in [0.25, 0.3) is 0 Å². The van der Waals surface area contributed by atoms with Gasteiger partial charge in [0.25, 0.3) is 0 Å². The average molecular weight is 189 g/mol. The van der Waals surface area contributed by atoms with Gasteiger partial charge >= 0.3 is 0 Å². The highest BCUT2D eigenvalue weighted by Crippen LogP contribution is 1.91. The van der Waals surface area contributed by atoms with E-state index in [9.17, 15) is 9.59 Å². The Bertz CT molecular complexity index is 177. The highest BCUT2D eigenvalue weighted by atomic mass is 16.3. The average Bonchev–Trinajstić information content (AvgIpc) is 2.10. The fourth-order valence-electron chi connectivity index (χ4n) is 0.738. The second-order valence-corrected chi connectivity index (χ2v) is 2.83. The molecule has 0 aromatic carbocycles. The molecule has 0 atom stereocenters. The third-order valence-corrected chi connectivity index (χ3v) is 1.51. The van der Waals surface area contributed by atoms with Crippen LogP contribution in [0.5, 0.6) is 0 Å². The minimum atomic E-state index is -0.626. The van der Waals surface area contributed by atoms with Gasteiger partial charge in [0, 0.05) is 12.8 Å². The van der Waals surface area contributed by atoms with Crippen LogP contribution in [0.4, 0.5) is 0 Å². The van der Waals surface area contributed by atoms with Crippen molar-refractivity contribution in [3.8, 4) is 0 Å². The molecule has 0 heterocycles. The normalized spacial score (nSPS) is 10.2. The van der Waals surface area contributed by atoms with Crippen LogP contribution in [-0.4, -0.2) is 41.2 Å². The fraction of sp³-hybridized carbons (Fsp3) is 0.750. The van der Waals surface area contributed by atoms with Gasteiger partial charge in [0.2, 0.25) is 5.91 Å². The number of ketones is 1. The molecule has 0 radical (unpaired) electrons. The van der Waals surface area contributed by atoms with E-state index in [0.29, 0.717) is 0 Å². The number of hydrogen-bond donors (Lipinski definition) is 3. The van der Waals surface area contributed by atoms with Crippen LogP contribution in [-0.2, 0) is 9.59 Å². The highest BCUT2D eigenvalue weighted by Gasteiger charge is 2.09.